The largest absolute Gasteiger partial charge is 0.573 e. The zero-order valence-corrected chi connectivity index (χ0v) is 18.6. The lowest BCUT2D eigenvalue weighted by atomic mass is 10.1. The van der Waals surface area contributed by atoms with Crippen LogP contribution in [0.1, 0.15) is 5.56 Å². The van der Waals surface area contributed by atoms with Gasteiger partial charge in [-0.05, 0) is 61.0 Å². The van der Waals surface area contributed by atoms with Crippen molar-refractivity contribution in [2.24, 2.45) is 0 Å². The summed E-state index contributed by atoms with van der Waals surface area (Å²) in [5.41, 5.74) is 3.39. The van der Waals surface area contributed by atoms with E-state index >= 15 is 0 Å². The summed E-state index contributed by atoms with van der Waals surface area (Å²) in [7, 11) is 3.28. The number of hydrogen-bond donors (Lipinski definition) is 2. The molecule has 0 saturated heterocycles. The summed E-state index contributed by atoms with van der Waals surface area (Å²) in [6, 6.07) is 13.7. The molecule has 2 heterocycles. The Morgan fingerprint density at radius 2 is 1.97 bits per heavy atom. The van der Waals surface area contributed by atoms with Crippen LogP contribution in [0.2, 0.25) is 0 Å². The lowest BCUT2D eigenvalue weighted by Crippen LogP contribution is -2.17. The van der Waals surface area contributed by atoms with E-state index in [4.69, 9.17) is 4.74 Å². The number of fused-ring (bicyclic) bond motifs is 1. The number of halogens is 3. The lowest BCUT2D eigenvalue weighted by Gasteiger charge is -2.15. The first-order valence-corrected chi connectivity index (χ1v) is 10.7. The third kappa shape index (κ3) is 5.52. The minimum atomic E-state index is -4.77. The maximum Gasteiger partial charge on any atom is 0.573 e. The lowest BCUT2D eigenvalue weighted by molar-refractivity contribution is -0.274. The zero-order valence-electron chi connectivity index (χ0n) is 17.8. The van der Waals surface area contributed by atoms with Crippen molar-refractivity contribution in [1.82, 2.24) is 14.3 Å². The van der Waals surface area contributed by atoms with Crippen molar-refractivity contribution in [3.8, 4) is 11.5 Å². The van der Waals surface area contributed by atoms with E-state index in [-0.39, 0.29) is 11.5 Å². The number of methoxy groups -OCH3 is 1. The fourth-order valence-electron chi connectivity index (χ4n) is 3.39. The molecule has 10 heteroatoms. The van der Waals surface area contributed by atoms with Gasteiger partial charge in [0.1, 0.15) is 11.5 Å². The summed E-state index contributed by atoms with van der Waals surface area (Å²) in [6.45, 7) is 0.707. The summed E-state index contributed by atoms with van der Waals surface area (Å²) in [5.74, 6) is -0.119. The summed E-state index contributed by atoms with van der Waals surface area (Å²) in [4.78, 5) is 5.16. The first kappa shape index (κ1) is 22.8. The Morgan fingerprint density at radius 3 is 2.67 bits per heavy atom. The third-order valence-corrected chi connectivity index (χ3v) is 5.70. The molecule has 0 amide bonds. The van der Waals surface area contributed by atoms with E-state index in [9.17, 15) is 13.2 Å². The molecule has 0 aliphatic heterocycles. The van der Waals surface area contributed by atoms with Gasteiger partial charge in [0.15, 0.2) is 0 Å². The van der Waals surface area contributed by atoms with Crippen LogP contribution in [-0.4, -0.2) is 29.5 Å². The second-order valence-electron chi connectivity index (χ2n) is 7.06. The van der Waals surface area contributed by atoms with Crippen LogP contribution in [0.15, 0.2) is 72.0 Å². The standard InChI is InChI=1S/C23H21F3N4O2S/c1-27-12-15-14-30(33-18-4-3-9-28-13-18)21-10-16(5-7-19(15)21)29-20-8-6-17(11-22(20)31-2)32-23(24,25)26/h3-11,13-14,27,29H,12H2,1-2H3. The number of nitrogens with zero attached hydrogens (tertiary/aromatic N) is 2. The van der Waals surface area contributed by atoms with Crippen molar-refractivity contribution in [1.29, 1.82) is 0 Å². The Bertz CT molecular complexity index is 1250. The number of ether oxygens (including phenoxy) is 2. The predicted octanol–water partition coefficient (Wildman–Crippen LogP) is 5.96. The van der Waals surface area contributed by atoms with Crippen LogP contribution in [-0.2, 0) is 6.54 Å². The number of pyridine rings is 1. The molecule has 33 heavy (non-hydrogen) atoms. The number of rotatable bonds is 8. The molecule has 2 N–H and O–H groups in total. The number of nitrogens with one attached hydrogen (secondary N) is 2. The van der Waals surface area contributed by atoms with Crippen LogP contribution in [0, 0.1) is 0 Å². The van der Waals surface area contributed by atoms with Crippen LogP contribution in [0.3, 0.4) is 0 Å². The summed E-state index contributed by atoms with van der Waals surface area (Å²) < 4.78 is 48.9. The van der Waals surface area contributed by atoms with E-state index in [1.165, 1.54) is 25.3 Å². The number of hydrogen-bond acceptors (Lipinski definition) is 6. The highest BCUT2D eigenvalue weighted by Gasteiger charge is 2.31. The van der Waals surface area contributed by atoms with Crippen LogP contribution in [0.4, 0.5) is 24.5 Å². The van der Waals surface area contributed by atoms with E-state index in [2.05, 4.69) is 30.5 Å². The molecular weight excluding hydrogens is 453 g/mol. The van der Waals surface area contributed by atoms with E-state index in [1.54, 1.807) is 24.3 Å². The molecule has 0 atom stereocenters. The second kappa shape index (κ2) is 9.63. The number of alkyl halides is 3. The first-order valence-electron chi connectivity index (χ1n) is 9.94. The molecule has 172 valence electrons. The highest BCUT2D eigenvalue weighted by atomic mass is 32.2. The van der Waals surface area contributed by atoms with Crippen molar-refractivity contribution >= 4 is 34.2 Å². The van der Waals surface area contributed by atoms with Crippen molar-refractivity contribution in [3.05, 3.63) is 72.7 Å². The Morgan fingerprint density at radius 1 is 1.12 bits per heavy atom. The molecule has 4 aromatic rings. The highest BCUT2D eigenvalue weighted by Crippen LogP contribution is 2.36. The van der Waals surface area contributed by atoms with Crippen molar-refractivity contribution < 1.29 is 22.6 Å². The van der Waals surface area contributed by atoms with Gasteiger partial charge in [-0.3, -0.25) is 8.96 Å². The summed E-state index contributed by atoms with van der Waals surface area (Å²) >= 11 is 1.54. The molecule has 0 saturated carbocycles. The van der Waals surface area contributed by atoms with Gasteiger partial charge in [0.25, 0.3) is 0 Å². The average Bonchev–Trinajstić information content (AvgIpc) is 3.11. The molecule has 0 aliphatic carbocycles. The van der Waals surface area contributed by atoms with E-state index in [1.807, 2.05) is 37.4 Å². The molecule has 0 fully saturated rings. The van der Waals surface area contributed by atoms with Crippen LogP contribution >= 0.6 is 11.9 Å². The van der Waals surface area contributed by atoms with Gasteiger partial charge in [-0.1, -0.05) is 6.07 Å². The third-order valence-electron chi connectivity index (χ3n) is 4.75. The maximum atomic E-state index is 12.5. The average molecular weight is 475 g/mol. The van der Waals surface area contributed by atoms with Gasteiger partial charge < -0.3 is 20.1 Å². The molecule has 0 radical (unpaired) electrons. The first-order chi connectivity index (χ1) is 15.9. The van der Waals surface area contributed by atoms with E-state index < -0.39 is 6.36 Å². The Kier molecular flexibility index (Phi) is 6.66. The monoisotopic (exact) mass is 474 g/mol. The summed E-state index contributed by atoms with van der Waals surface area (Å²) in [6.07, 6.45) is 0.830. The maximum absolute atomic E-state index is 12.5. The minimum absolute atomic E-state index is 0.229. The number of benzene rings is 2. The SMILES string of the molecule is CNCc1cn(Sc2cccnc2)c2cc(Nc3ccc(OC(F)(F)F)cc3OC)ccc12. The fraction of sp³-hybridized carbons (Fsp3) is 0.174. The molecule has 4 rings (SSSR count). The van der Waals surface area contributed by atoms with Gasteiger partial charge in [0.05, 0.1) is 18.3 Å². The van der Waals surface area contributed by atoms with Crippen LogP contribution < -0.4 is 20.1 Å². The molecule has 0 bridgehead atoms. The molecule has 0 spiro atoms. The summed E-state index contributed by atoms with van der Waals surface area (Å²) in [5, 5.41) is 7.50. The normalized spacial score (nSPS) is 11.5. The quantitative estimate of drug-likeness (QED) is 0.329. The second-order valence-corrected chi connectivity index (χ2v) is 8.10. The molecule has 6 nitrogen and oxygen atoms in total. The van der Waals surface area contributed by atoms with Gasteiger partial charge in [-0.2, -0.15) is 0 Å². The Hall–Kier alpha value is -3.37. The highest BCUT2D eigenvalue weighted by molar-refractivity contribution is 7.98. The smallest absolute Gasteiger partial charge is 0.494 e. The fourth-order valence-corrected chi connectivity index (χ4v) is 4.30. The van der Waals surface area contributed by atoms with Gasteiger partial charge in [0.2, 0.25) is 0 Å². The van der Waals surface area contributed by atoms with Gasteiger partial charge in [-0.25, -0.2) is 0 Å². The Labute approximate surface area is 192 Å². The molecule has 0 unspecified atom stereocenters. The minimum Gasteiger partial charge on any atom is -0.494 e. The van der Waals surface area contributed by atoms with Crippen molar-refractivity contribution in [2.75, 3.05) is 19.5 Å². The number of aromatic nitrogens is 2. The van der Waals surface area contributed by atoms with Gasteiger partial charge in [-0.15, -0.1) is 13.2 Å². The van der Waals surface area contributed by atoms with Crippen molar-refractivity contribution in [2.45, 2.75) is 17.8 Å². The molecule has 2 aromatic carbocycles. The molecular formula is C23H21F3N4O2S. The predicted molar refractivity (Wildman–Crippen MR) is 123 cm³/mol. The Balaban J connectivity index is 1.66. The van der Waals surface area contributed by atoms with Crippen molar-refractivity contribution in [3.63, 3.8) is 0 Å². The van der Waals surface area contributed by atoms with Gasteiger partial charge >= 0.3 is 6.36 Å². The molecule has 0 aliphatic rings. The van der Waals surface area contributed by atoms with Crippen LogP contribution in [0.5, 0.6) is 11.5 Å². The topological polar surface area (TPSA) is 60.3 Å². The van der Waals surface area contributed by atoms with E-state index in [0.717, 1.165) is 27.0 Å². The number of anilines is 2. The molecule has 2 aromatic heterocycles. The zero-order chi connectivity index (χ0) is 23.4. The van der Waals surface area contributed by atoms with Gasteiger partial charge in [0, 0.05) is 47.2 Å². The van der Waals surface area contributed by atoms with Crippen LogP contribution in [0.25, 0.3) is 10.9 Å². The van der Waals surface area contributed by atoms with E-state index in [0.29, 0.717) is 12.2 Å².